The zero-order chi connectivity index (χ0) is 11.5. The van der Waals surface area contributed by atoms with Crippen molar-refractivity contribution in [2.45, 2.75) is 6.54 Å². The van der Waals surface area contributed by atoms with Gasteiger partial charge in [-0.3, -0.25) is 10.1 Å². The van der Waals surface area contributed by atoms with Gasteiger partial charge in [0.15, 0.2) is 5.82 Å². The molecule has 0 radical (unpaired) electrons. The summed E-state index contributed by atoms with van der Waals surface area (Å²) in [6.45, 7) is 0.632. The molecule has 3 aromatic rings. The highest BCUT2D eigenvalue weighted by Gasteiger charge is 2.05. The molecule has 0 aromatic carbocycles. The van der Waals surface area contributed by atoms with E-state index in [4.69, 9.17) is 0 Å². The summed E-state index contributed by atoms with van der Waals surface area (Å²) in [6.07, 6.45) is 8.82. The molecule has 0 aliphatic rings. The van der Waals surface area contributed by atoms with E-state index in [1.165, 1.54) is 0 Å². The van der Waals surface area contributed by atoms with Gasteiger partial charge in [-0.1, -0.05) is 0 Å². The summed E-state index contributed by atoms with van der Waals surface area (Å²) >= 11 is 0. The van der Waals surface area contributed by atoms with Gasteiger partial charge in [0.1, 0.15) is 5.82 Å². The maximum Gasteiger partial charge on any atom is 0.182 e. The second kappa shape index (κ2) is 4.17. The Bertz CT molecular complexity index is 583. The number of pyridine rings is 1. The van der Waals surface area contributed by atoms with E-state index in [1.54, 1.807) is 24.9 Å². The number of nitrogens with one attached hydrogen (secondary N) is 1. The van der Waals surface area contributed by atoms with E-state index in [-0.39, 0.29) is 0 Å². The minimum Gasteiger partial charge on any atom is -0.330 e. The predicted molar refractivity (Wildman–Crippen MR) is 60.9 cm³/mol. The Morgan fingerprint density at radius 2 is 2.24 bits per heavy atom. The van der Waals surface area contributed by atoms with E-state index in [0.717, 1.165) is 11.4 Å². The van der Waals surface area contributed by atoms with Crippen molar-refractivity contribution in [3.63, 3.8) is 0 Å². The molecule has 0 aliphatic carbocycles. The predicted octanol–water partition coefficient (Wildman–Crippen LogP) is 1.11. The summed E-state index contributed by atoms with van der Waals surface area (Å²) in [7, 11) is 0. The van der Waals surface area contributed by atoms with Gasteiger partial charge in [0.2, 0.25) is 0 Å². The smallest absolute Gasteiger partial charge is 0.182 e. The average Bonchev–Trinajstić information content (AvgIpc) is 3.02. The molecular formula is C11H10N6. The number of imidazole rings is 1. The van der Waals surface area contributed by atoms with Crippen LogP contribution in [0.5, 0.6) is 0 Å². The van der Waals surface area contributed by atoms with Crippen LogP contribution in [0.25, 0.3) is 11.4 Å². The fourth-order valence-corrected chi connectivity index (χ4v) is 1.54. The Morgan fingerprint density at radius 1 is 1.24 bits per heavy atom. The zero-order valence-corrected chi connectivity index (χ0v) is 8.98. The molecule has 0 aliphatic heterocycles. The molecule has 0 spiro atoms. The van der Waals surface area contributed by atoms with Crippen LogP contribution < -0.4 is 0 Å². The topological polar surface area (TPSA) is 72.3 Å². The Balaban J connectivity index is 1.84. The molecule has 17 heavy (non-hydrogen) atoms. The maximum atomic E-state index is 4.40. The molecule has 1 N–H and O–H groups in total. The van der Waals surface area contributed by atoms with Gasteiger partial charge in [-0.25, -0.2) is 9.97 Å². The molecular weight excluding hydrogens is 216 g/mol. The van der Waals surface area contributed by atoms with Gasteiger partial charge in [-0.05, 0) is 12.1 Å². The first-order chi connectivity index (χ1) is 8.42. The van der Waals surface area contributed by atoms with Crippen molar-refractivity contribution < 1.29 is 0 Å². The van der Waals surface area contributed by atoms with Gasteiger partial charge < -0.3 is 4.57 Å². The lowest BCUT2D eigenvalue weighted by atomic mass is 10.3. The Hall–Kier alpha value is -2.50. The van der Waals surface area contributed by atoms with E-state index in [0.29, 0.717) is 12.4 Å². The third-order valence-corrected chi connectivity index (χ3v) is 2.34. The first-order valence-corrected chi connectivity index (χ1v) is 5.19. The van der Waals surface area contributed by atoms with E-state index in [9.17, 15) is 0 Å². The highest BCUT2D eigenvalue weighted by Crippen LogP contribution is 2.12. The average molecular weight is 226 g/mol. The third-order valence-electron chi connectivity index (χ3n) is 2.34. The van der Waals surface area contributed by atoms with Crippen molar-refractivity contribution in [3.8, 4) is 11.4 Å². The fourth-order valence-electron chi connectivity index (χ4n) is 1.54. The summed E-state index contributed by atoms with van der Waals surface area (Å²) in [6, 6.07) is 3.79. The fraction of sp³-hybridized carbons (Fsp3) is 0.0909. The molecule has 0 unspecified atom stereocenters. The Kier molecular flexibility index (Phi) is 2.38. The van der Waals surface area contributed by atoms with Crippen molar-refractivity contribution in [1.82, 2.24) is 29.7 Å². The van der Waals surface area contributed by atoms with E-state index < -0.39 is 0 Å². The van der Waals surface area contributed by atoms with E-state index >= 15 is 0 Å². The first-order valence-electron chi connectivity index (χ1n) is 5.19. The quantitative estimate of drug-likeness (QED) is 0.726. The van der Waals surface area contributed by atoms with Crippen LogP contribution in [-0.4, -0.2) is 29.7 Å². The standard InChI is InChI=1S/C11H10N6/c1-2-9(6-12-3-1)11-14-10(15-16-11)7-17-5-4-13-8-17/h1-6,8H,7H2,(H,14,15,16). The van der Waals surface area contributed by atoms with Crippen LogP contribution in [0.1, 0.15) is 5.82 Å². The summed E-state index contributed by atoms with van der Waals surface area (Å²) in [5.41, 5.74) is 0.903. The van der Waals surface area contributed by atoms with Crippen LogP contribution >= 0.6 is 0 Å². The number of aromatic nitrogens is 6. The summed E-state index contributed by atoms with van der Waals surface area (Å²) in [4.78, 5) is 12.4. The van der Waals surface area contributed by atoms with E-state index in [1.807, 2.05) is 22.9 Å². The number of nitrogens with zero attached hydrogens (tertiary/aromatic N) is 5. The van der Waals surface area contributed by atoms with Crippen LogP contribution in [0.4, 0.5) is 0 Å². The van der Waals surface area contributed by atoms with Crippen LogP contribution in [0, 0.1) is 0 Å². The van der Waals surface area contributed by atoms with Gasteiger partial charge in [0, 0.05) is 30.4 Å². The van der Waals surface area contributed by atoms with Crippen LogP contribution in [0.15, 0.2) is 43.2 Å². The molecule has 3 rings (SSSR count). The van der Waals surface area contributed by atoms with Gasteiger partial charge >= 0.3 is 0 Å². The summed E-state index contributed by atoms with van der Waals surface area (Å²) < 4.78 is 1.92. The Labute approximate surface area is 97.4 Å². The zero-order valence-electron chi connectivity index (χ0n) is 8.98. The SMILES string of the molecule is c1cncc(-c2n[nH]c(Cn3ccnc3)n2)c1. The van der Waals surface area contributed by atoms with Gasteiger partial charge in [-0.15, -0.1) is 0 Å². The number of H-pyrrole nitrogens is 1. The minimum atomic E-state index is 0.632. The molecule has 0 amide bonds. The monoisotopic (exact) mass is 226 g/mol. The summed E-state index contributed by atoms with van der Waals surface area (Å²) in [5.74, 6) is 1.45. The first kappa shape index (κ1) is 9.71. The van der Waals surface area contributed by atoms with Gasteiger partial charge in [0.05, 0.1) is 12.9 Å². The number of rotatable bonds is 3. The van der Waals surface area contributed by atoms with Crippen LogP contribution in [0.3, 0.4) is 0 Å². The highest BCUT2D eigenvalue weighted by atomic mass is 15.2. The molecule has 0 atom stereocenters. The molecule has 6 nitrogen and oxygen atoms in total. The molecule has 0 fully saturated rings. The van der Waals surface area contributed by atoms with Crippen molar-refractivity contribution >= 4 is 0 Å². The van der Waals surface area contributed by atoms with Crippen LogP contribution in [0.2, 0.25) is 0 Å². The molecule has 3 heterocycles. The van der Waals surface area contributed by atoms with Crippen molar-refractivity contribution in [3.05, 3.63) is 49.1 Å². The van der Waals surface area contributed by atoms with Crippen LogP contribution in [-0.2, 0) is 6.54 Å². The summed E-state index contributed by atoms with van der Waals surface area (Å²) in [5, 5.41) is 7.06. The second-order valence-electron chi connectivity index (χ2n) is 3.58. The number of aromatic amines is 1. The second-order valence-corrected chi connectivity index (χ2v) is 3.58. The lowest BCUT2D eigenvalue weighted by molar-refractivity contribution is 0.747. The lowest BCUT2D eigenvalue weighted by Crippen LogP contribution is -1.98. The highest BCUT2D eigenvalue weighted by molar-refractivity contribution is 5.52. The van der Waals surface area contributed by atoms with Gasteiger partial charge in [-0.2, -0.15) is 5.10 Å². The molecule has 3 aromatic heterocycles. The van der Waals surface area contributed by atoms with E-state index in [2.05, 4.69) is 25.1 Å². The number of hydrogen-bond acceptors (Lipinski definition) is 4. The molecule has 0 saturated carbocycles. The number of hydrogen-bond donors (Lipinski definition) is 1. The lowest BCUT2D eigenvalue weighted by Gasteiger charge is -1.95. The van der Waals surface area contributed by atoms with Crippen molar-refractivity contribution in [2.75, 3.05) is 0 Å². The normalized spacial score (nSPS) is 10.6. The third kappa shape index (κ3) is 2.05. The van der Waals surface area contributed by atoms with Crippen molar-refractivity contribution in [1.29, 1.82) is 0 Å². The molecule has 0 bridgehead atoms. The van der Waals surface area contributed by atoms with Crippen molar-refractivity contribution in [2.24, 2.45) is 0 Å². The van der Waals surface area contributed by atoms with Gasteiger partial charge in [0.25, 0.3) is 0 Å². The maximum absolute atomic E-state index is 4.40. The largest absolute Gasteiger partial charge is 0.330 e. The Morgan fingerprint density at radius 3 is 3.00 bits per heavy atom. The molecule has 6 heteroatoms. The minimum absolute atomic E-state index is 0.632. The molecule has 84 valence electrons. The molecule has 0 saturated heterocycles.